The molecule has 60 valence electrons. The molecule has 0 aromatic rings. The van der Waals surface area contributed by atoms with Crippen LogP contribution in [0.2, 0.25) is 0 Å². The molecule has 4 heteroatoms. The molecule has 0 aromatic heterocycles. The van der Waals surface area contributed by atoms with E-state index >= 15 is 0 Å². The minimum atomic E-state index is -0.919. The van der Waals surface area contributed by atoms with Crippen LogP contribution in [-0.4, -0.2) is 17.1 Å². The molecule has 2 rings (SSSR count). The number of carboxylic acids is 1. The van der Waals surface area contributed by atoms with Gasteiger partial charge in [0.05, 0.1) is 11.8 Å². The molecule has 1 aliphatic heterocycles. The third kappa shape index (κ3) is 0.972. The summed E-state index contributed by atoms with van der Waals surface area (Å²) in [5, 5.41) is 16.2. The minimum absolute atomic E-state index is 0.0619. The lowest BCUT2D eigenvalue weighted by atomic mass is 9.99. The Balaban J connectivity index is 2.34. The molecular formula is C8H6N2O2. The second-order valence-electron chi connectivity index (χ2n) is 2.57. The van der Waals surface area contributed by atoms with E-state index in [9.17, 15) is 4.79 Å². The Labute approximate surface area is 68.6 Å². The molecule has 0 amide bonds. The molecule has 0 unspecified atom stereocenters. The fraction of sp³-hybridized carbons (Fsp3) is 0.125. The van der Waals surface area contributed by atoms with E-state index in [0.717, 1.165) is 5.57 Å². The molecule has 4 nitrogen and oxygen atoms in total. The fourth-order valence-electron chi connectivity index (χ4n) is 1.14. The van der Waals surface area contributed by atoms with Crippen molar-refractivity contribution in [2.45, 2.75) is 6.04 Å². The van der Waals surface area contributed by atoms with Gasteiger partial charge in [-0.3, -0.25) is 0 Å². The number of carbonyl (C=O) groups is 1. The first-order valence-electron chi connectivity index (χ1n) is 3.50. The lowest BCUT2D eigenvalue weighted by Crippen LogP contribution is -2.08. The van der Waals surface area contributed by atoms with Crippen LogP contribution in [0.1, 0.15) is 0 Å². The van der Waals surface area contributed by atoms with Crippen molar-refractivity contribution in [3.63, 3.8) is 0 Å². The predicted octanol–water partition coefficient (Wildman–Crippen LogP) is 1.29. The predicted molar refractivity (Wildman–Crippen MR) is 41.6 cm³/mol. The SMILES string of the molecule is O=C(O)C1=CC2=CN=N[C@@H]2C=C1. The monoisotopic (exact) mass is 162 g/mol. The van der Waals surface area contributed by atoms with E-state index < -0.39 is 5.97 Å². The number of carboxylic acid groups (broad SMARTS) is 1. The zero-order chi connectivity index (χ0) is 8.55. The normalized spacial score (nSPS) is 24.8. The van der Waals surface area contributed by atoms with Crippen molar-refractivity contribution in [1.82, 2.24) is 0 Å². The van der Waals surface area contributed by atoms with Crippen LogP contribution in [0.15, 0.2) is 45.8 Å². The van der Waals surface area contributed by atoms with E-state index in [1.807, 2.05) is 0 Å². The van der Waals surface area contributed by atoms with Gasteiger partial charge in [-0.1, -0.05) is 6.08 Å². The topological polar surface area (TPSA) is 62.0 Å². The quantitative estimate of drug-likeness (QED) is 0.631. The highest BCUT2D eigenvalue weighted by Crippen LogP contribution is 2.23. The number of hydrogen-bond acceptors (Lipinski definition) is 3. The number of rotatable bonds is 1. The Kier molecular flexibility index (Phi) is 1.40. The Hall–Kier alpha value is -1.71. The van der Waals surface area contributed by atoms with Crippen LogP contribution >= 0.6 is 0 Å². The van der Waals surface area contributed by atoms with Crippen molar-refractivity contribution >= 4 is 5.97 Å². The highest BCUT2D eigenvalue weighted by Gasteiger charge is 2.19. The lowest BCUT2D eigenvalue weighted by molar-refractivity contribution is -0.132. The van der Waals surface area contributed by atoms with Gasteiger partial charge >= 0.3 is 5.97 Å². The van der Waals surface area contributed by atoms with Crippen LogP contribution in [0.5, 0.6) is 0 Å². The molecule has 0 saturated carbocycles. The molecule has 2 aliphatic rings. The first-order valence-corrected chi connectivity index (χ1v) is 3.50. The number of azo groups is 1. The van der Waals surface area contributed by atoms with Crippen LogP contribution in [0.25, 0.3) is 0 Å². The molecule has 0 aromatic carbocycles. The minimum Gasteiger partial charge on any atom is -0.478 e. The van der Waals surface area contributed by atoms with Crippen LogP contribution in [-0.2, 0) is 4.79 Å². The fourth-order valence-corrected chi connectivity index (χ4v) is 1.14. The van der Waals surface area contributed by atoms with Gasteiger partial charge in [0, 0.05) is 5.57 Å². The summed E-state index contributed by atoms with van der Waals surface area (Å²) in [6, 6.07) is -0.0619. The van der Waals surface area contributed by atoms with Crippen LogP contribution in [0, 0.1) is 0 Å². The van der Waals surface area contributed by atoms with Crippen molar-refractivity contribution in [3.8, 4) is 0 Å². The summed E-state index contributed by atoms with van der Waals surface area (Å²) in [5.74, 6) is -0.919. The largest absolute Gasteiger partial charge is 0.478 e. The summed E-state index contributed by atoms with van der Waals surface area (Å²) in [4.78, 5) is 10.5. The average Bonchev–Trinajstić information content (AvgIpc) is 2.49. The van der Waals surface area contributed by atoms with E-state index in [-0.39, 0.29) is 11.6 Å². The summed E-state index contributed by atoms with van der Waals surface area (Å²) in [7, 11) is 0. The second-order valence-corrected chi connectivity index (χ2v) is 2.57. The summed E-state index contributed by atoms with van der Waals surface area (Å²) >= 11 is 0. The van der Waals surface area contributed by atoms with E-state index in [1.165, 1.54) is 0 Å². The summed E-state index contributed by atoms with van der Waals surface area (Å²) < 4.78 is 0. The lowest BCUT2D eigenvalue weighted by Gasteiger charge is -2.07. The van der Waals surface area contributed by atoms with Gasteiger partial charge in [-0.2, -0.15) is 10.2 Å². The standard InChI is InChI=1S/C8H6N2O2/c11-8(12)5-1-2-7-6(3-5)4-9-10-7/h1-4,7H,(H,11,12)/t7-/m1/s1. The van der Waals surface area contributed by atoms with Gasteiger partial charge in [0.1, 0.15) is 6.04 Å². The number of fused-ring (bicyclic) bond motifs is 1. The highest BCUT2D eigenvalue weighted by molar-refractivity contribution is 5.91. The maximum absolute atomic E-state index is 10.5. The van der Waals surface area contributed by atoms with Gasteiger partial charge < -0.3 is 5.11 Å². The van der Waals surface area contributed by atoms with Crippen molar-refractivity contribution in [1.29, 1.82) is 0 Å². The van der Waals surface area contributed by atoms with Gasteiger partial charge in [-0.05, 0) is 12.2 Å². The van der Waals surface area contributed by atoms with Gasteiger partial charge in [-0.25, -0.2) is 4.79 Å². The third-order valence-corrected chi connectivity index (χ3v) is 1.77. The maximum atomic E-state index is 10.5. The van der Waals surface area contributed by atoms with Gasteiger partial charge in [0.25, 0.3) is 0 Å². The zero-order valence-electron chi connectivity index (χ0n) is 6.14. The Morgan fingerprint density at radius 3 is 3.17 bits per heavy atom. The Morgan fingerprint density at radius 1 is 1.58 bits per heavy atom. The molecular weight excluding hydrogens is 156 g/mol. The van der Waals surface area contributed by atoms with Gasteiger partial charge in [-0.15, -0.1) is 0 Å². The Morgan fingerprint density at radius 2 is 2.42 bits per heavy atom. The molecule has 1 atom stereocenters. The molecule has 1 heterocycles. The number of hydrogen-bond donors (Lipinski definition) is 1. The molecule has 0 spiro atoms. The van der Waals surface area contributed by atoms with Crippen molar-refractivity contribution in [2.75, 3.05) is 0 Å². The molecule has 1 aliphatic carbocycles. The average molecular weight is 162 g/mol. The Bertz CT molecular complexity index is 350. The molecule has 0 fully saturated rings. The molecule has 1 N–H and O–H groups in total. The van der Waals surface area contributed by atoms with E-state index in [1.54, 1.807) is 24.4 Å². The van der Waals surface area contributed by atoms with Crippen LogP contribution in [0.4, 0.5) is 0 Å². The second kappa shape index (κ2) is 2.41. The van der Waals surface area contributed by atoms with Crippen molar-refractivity contribution in [3.05, 3.63) is 35.6 Å². The first-order chi connectivity index (χ1) is 5.77. The van der Waals surface area contributed by atoms with Gasteiger partial charge in [0.2, 0.25) is 0 Å². The van der Waals surface area contributed by atoms with Crippen LogP contribution in [0.3, 0.4) is 0 Å². The maximum Gasteiger partial charge on any atom is 0.335 e. The summed E-state index contributed by atoms with van der Waals surface area (Å²) in [6.07, 6.45) is 6.45. The van der Waals surface area contributed by atoms with E-state index in [0.29, 0.717) is 0 Å². The molecule has 0 radical (unpaired) electrons. The highest BCUT2D eigenvalue weighted by atomic mass is 16.4. The first kappa shape index (κ1) is 6.97. The number of aliphatic carboxylic acids is 1. The van der Waals surface area contributed by atoms with Crippen molar-refractivity contribution in [2.24, 2.45) is 10.2 Å². The molecule has 12 heavy (non-hydrogen) atoms. The summed E-state index contributed by atoms with van der Waals surface area (Å²) in [5.41, 5.74) is 1.12. The summed E-state index contributed by atoms with van der Waals surface area (Å²) in [6.45, 7) is 0. The smallest absolute Gasteiger partial charge is 0.335 e. The zero-order valence-corrected chi connectivity index (χ0v) is 6.14. The van der Waals surface area contributed by atoms with Crippen molar-refractivity contribution < 1.29 is 9.90 Å². The number of nitrogens with zero attached hydrogens (tertiary/aromatic N) is 2. The van der Waals surface area contributed by atoms with E-state index in [2.05, 4.69) is 10.2 Å². The van der Waals surface area contributed by atoms with Gasteiger partial charge in [0.15, 0.2) is 0 Å². The van der Waals surface area contributed by atoms with Crippen LogP contribution < -0.4 is 0 Å². The third-order valence-electron chi connectivity index (χ3n) is 1.77. The molecule has 0 saturated heterocycles. The van der Waals surface area contributed by atoms with E-state index in [4.69, 9.17) is 5.11 Å². The molecule has 0 bridgehead atoms.